The maximum absolute atomic E-state index is 9.91. The van der Waals surface area contributed by atoms with Gasteiger partial charge in [-0.3, -0.25) is 0 Å². The quantitative estimate of drug-likeness (QED) is 0.261. The molecule has 0 fully saturated rings. The van der Waals surface area contributed by atoms with Crippen molar-refractivity contribution in [3.63, 3.8) is 0 Å². The summed E-state index contributed by atoms with van der Waals surface area (Å²) in [5.74, 6) is 0. The summed E-state index contributed by atoms with van der Waals surface area (Å²) in [6.45, 7) is 4.52. The van der Waals surface area contributed by atoms with E-state index in [2.05, 4.69) is 13.8 Å². The Balaban J connectivity index is 3.07. The fourth-order valence-corrected chi connectivity index (χ4v) is 3.17. The van der Waals surface area contributed by atoms with Gasteiger partial charge in [0, 0.05) is 0 Å². The highest BCUT2D eigenvalue weighted by molar-refractivity contribution is 4.57. The first kappa shape index (κ1) is 22.0. The largest absolute Gasteiger partial charge is 0.393 e. The molecule has 1 heteroatoms. The minimum absolute atomic E-state index is 0.0278. The van der Waals surface area contributed by atoms with Gasteiger partial charge < -0.3 is 5.11 Å². The lowest BCUT2D eigenvalue weighted by Gasteiger charge is -2.10. The van der Waals surface area contributed by atoms with Crippen molar-refractivity contribution in [1.82, 2.24) is 0 Å². The number of aliphatic hydroxyl groups excluding tert-OH is 1. The van der Waals surface area contributed by atoms with Crippen LogP contribution in [-0.4, -0.2) is 11.2 Å². The molecule has 1 unspecified atom stereocenters. The Bertz CT molecular complexity index is 190. The van der Waals surface area contributed by atoms with Crippen molar-refractivity contribution in [2.75, 3.05) is 0 Å². The molecule has 0 radical (unpaired) electrons. The van der Waals surface area contributed by atoms with Gasteiger partial charge >= 0.3 is 0 Å². The zero-order chi connectivity index (χ0) is 16.3. The first-order valence-electron chi connectivity index (χ1n) is 10.5. The second-order valence-corrected chi connectivity index (χ2v) is 7.18. The summed E-state index contributed by atoms with van der Waals surface area (Å²) in [7, 11) is 0. The molecule has 0 spiro atoms. The molecule has 0 aromatic rings. The van der Waals surface area contributed by atoms with Crippen LogP contribution >= 0.6 is 0 Å². The van der Waals surface area contributed by atoms with Crippen molar-refractivity contribution in [2.24, 2.45) is 0 Å². The molecule has 1 atom stereocenters. The molecule has 0 aliphatic carbocycles. The molecule has 22 heavy (non-hydrogen) atoms. The predicted octanol–water partition coefficient (Wildman–Crippen LogP) is 7.41. The van der Waals surface area contributed by atoms with Crippen molar-refractivity contribution >= 4 is 0 Å². The molecule has 0 saturated heterocycles. The van der Waals surface area contributed by atoms with Gasteiger partial charge in [-0.2, -0.15) is 0 Å². The molecule has 0 amide bonds. The van der Waals surface area contributed by atoms with Crippen LogP contribution in [0.25, 0.3) is 0 Å². The van der Waals surface area contributed by atoms with Crippen molar-refractivity contribution in [3.8, 4) is 0 Å². The summed E-state index contributed by atoms with van der Waals surface area (Å²) in [5.41, 5.74) is 0. The Hall–Kier alpha value is -0.0400. The van der Waals surface area contributed by atoms with E-state index in [1.165, 1.54) is 103 Å². The number of rotatable bonds is 18. The highest BCUT2D eigenvalue weighted by Crippen LogP contribution is 2.14. The lowest BCUT2D eigenvalue weighted by atomic mass is 10.0. The van der Waals surface area contributed by atoms with Crippen molar-refractivity contribution in [2.45, 2.75) is 136 Å². The smallest absolute Gasteiger partial charge is 0.0540 e. The van der Waals surface area contributed by atoms with E-state index >= 15 is 0 Å². The van der Waals surface area contributed by atoms with Crippen LogP contribution in [0.2, 0.25) is 0 Å². The third kappa shape index (κ3) is 18.0. The van der Waals surface area contributed by atoms with Gasteiger partial charge in [0.25, 0.3) is 0 Å². The molecular formula is C21H44O. The third-order valence-electron chi connectivity index (χ3n) is 4.78. The van der Waals surface area contributed by atoms with Gasteiger partial charge in [0.1, 0.15) is 0 Å². The van der Waals surface area contributed by atoms with E-state index in [0.717, 1.165) is 12.8 Å². The minimum Gasteiger partial charge on any atom is -0.393 e. The Kier molecular flexibility index (Phi) is 19.0. The van der Waals surface area contributed by atoms with E-state index in [0.29, 0.717) is 0 Å². The SMILES string of the molecule is CCCCCCCCCCCCCCC(O)CCCCCC. The van der Waals surface area contributed by atoms with Crippen LogP contribution in [0.1, 0.15) is 129 Å². The maximum atomic E-state index is 9.91. The molecule has 0 aromatic heterocycles. The van der Waals surface area contributed by atoms with Gasteiger partial charge in [-0.25, -0.2) is 0 Å². The maximum Gasteiger partial charge on any atom is 0.0540 e. The molecule has 0 aliphatic rings. The van der Waals surface area contributed by atoms with Crippen LogP contribution in [0.3, 0.4) is 0 Å². The molecule has 134 valence electrons. The number of aliphatic hydroxyl groups is 1. The van der Waals surface area contributed by atoms with E-state index in [9.17, 15) is 5.11 Å². The summed E-state index contributed by atoms with van der Waals surface area (Å²) >= 11 is 0. The lowest BCUT2D eigenvalue weighted by Crippen LogP contribution is -2.05. The number of hydrogen-bond acceptors (Lipinski definition) is 1. The molecular weight excluding hydrogens is 268 g/mol. The molecule has 0 aromatic carbocycles. The van der Waals surface area contributed by atoms with Gasteiger partial charge in [-0.15, -0.1) is 0 Å². The summed E-state index contributed by atoms with van der Waals surface area (Å²) < 4.78 is 0. The zero-order valence-electron chi connectivity index (χ0n) is 15.8. The fraction of sp³-hybridized carbons (Fsp3) is 1.00. The van der Waals surface area contributed by atoms with Crippen LogP contribution in [0.5, 0.6) is 0 Å². The summed E-state index contributed by atoms with van der Waals surface area (Å²) in [4.78, 5) is 0. The monoisotopic (exact) mass is 312 g/mol. The van der Waals surface area contributed by atoms with Crippen LogP contribution in [0, 0.1) is 0 Å². The van der Waals surface area contributed by atoms with Crippen LogP contribution in [0.15, 0.2) is 0 Å². The van der Waals surface area contributed by atoms with E-state index < -0.39 is 0 Å². The topological polar surface area (TPSA) is 20.2 Å². The van der Waals surface area contributed by atoms with Crippen molar-refractivity contribution < 1.29 is 5.11 Å². The second-order valence-electron chi connectivity index (χ2n) is 7.18. The van der Waals surface area contributed by atoms with Crippen molar-refractivity contribution in [3.05, 3.63) is 0 Å². The van der Waals surface area contributed by atoms with E-state index in [4.69, 9.17) is 0 Å². The van der Waals surface area contributed by atoms with E-state index in [-0.39, 0.29) is 6.10 Å². The van der Waals surface area contributed by atoms with E-state index in [1.807, 2.05) is 0 Å². The predicted molar refractivity (Wildman–Crippen MR) is 100 cm³/mol. The molecule has 0 aliphatic heterocycles. The van der Waals surface area contributed by atoms with Gasteiger partial charge in [0.2, 0.25) is 0 Å². The summed E-state index contributed by atoms with van der Waals surface area (Å²) in [6.07, 6.45) is 23.9. The highest BCUT2D eigenvalue weighted by atomic mass is 16.3. The van der Waals surface area contributed by atoms with Gasteiger partial charge in [-0.05, 0) is 12.8 Å². The Morgan fingerprint density at radius 2 is 0.727 bits per heavy atom. The average molecular weight is 313 g/mol. The highest BCUT2D eigenvalue weighted by Gasteiger charge is 2.03. The Labute approximate surface area is 141 Å². The van der Waals surface area contributed by atoms with Crippen LogP contribution in [0.4, 0.5) is 0 Å². The Morgan fingerprint density at radius 1 is 0.455 bits per heavy atom. The lowest BCUT2D eigenvalue weighted by molar-refractivity contribution is 0.147. The first-order chi connectivity index (χ1) is 10.8. The summed E-state index contributed by atoms with van der Waals surface area (Å²) in [6, 6.07) is 0. The molecule has 0 heterocycles. The number of unbranched alkanes of at least 4 members (excludes halogenated alkanes) is 14. The third-order valence-corrected chi connectivity index (χ3v) is 4.78. The van der Waals surface area contributed by atoms with Gasteiger partial charge in [0.15, 0.2) is 0 Å². The fourth-order valence-electron chi connectivity index (χ4n) is 3.17. The number of hydrogen-bond donors (Lipinski definition) is 1. The molecule has 0 saturated carbocycles. The Morgan fingerprint density at radius 3 is 1.09 bits per heavy atom. The van der Waals surface area contributed by atoms with Crippen molar-refractivity contribution in [1.29, 1.82) is 0 Å². The summed E-state index contributed by atoms with van der Waals surface area (Å²) in [5, 5.41) is 9.91. The first-order valence-corrected chi connectivity index (χ1v) is 10.5. The molecule has 1 nitrogen and oxygen atoms in total. The normalized spacial score (nSPS) is 12.7. The van der Waals surface area contributed by atoms with Gasteiger partial charge in [0.05, 0.1) is 6.10 Å². The van der Waals surface area contributed by atoms with Crippen LogP contribution < -0.4 is 0 Å². The second kappa shape index (κ2) is 19.0. The van der Waals surface area contributed by atoms with Gasteiger partial charge in [-0.1, -0.05) is 117 Å². The molecule has 1 N–H and O–H groups in total. The minimum atomic E-state index is -0.0278. The van der Waals surface area contributed by atoms with Crippen LogP contribution in [-0.2, 0) is 0 Å². The molecule has 0 rings (SSSR count). The zero-order valence-corrected chi connectivity index (χ0v) is 15.8. The standard InChI is InChI=1S/C21H44O/c1-3-5-7-9-10-11-12-13-14-15-16-18-20-21(22)19-17-8-6-4-2/h21-22H,3-20H2,1-2H3. The van der Waals surface area contributed by atoms with E-state index in [1.54, 1.807) is 0 Å². The average Bonchev–Trinajstić information content (AvgIpc) is 2.52. The molecule has 0 bridgehead atoms.